The number of nitro groups is 1. The Morgan fingerprint density at radius 2 is 2.21 bits per heavy atom. The Morgan fingerprint density at radius 3 is 2.79 bits per heavy atom. The van der Waals surface area contributed by atoms with Gasteiger partial charge in [-0.25, -0.2) is 0 Å². The van der Waals surface area contributed by atoms with Gasteiger partial charge in [0.15, 0.2) is 0 Å². The number of aliphatic imine (C=N–C) groups is 1. The van der Waals surface area contributed by atoms with Crippen molar-refractivity contribution in [3.8, 4) is 5.75 Å². The standard InChI is InChI=1S/C15H17N5O4/c1-9-15(10(2)19(3)18-9)17-14(22)8-16-7-11-6-12(20(23)24)4-5-13(11)21/h4-7,21H,8H2,1-3H3,(H,17,22). The van der Waals surface area contributed by atoms with E-state index in [9.17, 15) is 20.0 Å². The predicted molar refractivity (Wildman–Crippen MR) is 88.5 cm³/mol. The third kappa shape index (κ3) is 3.75. The molecule has 1 aromatic heterocycles. The lowest BCUT2D eigenvalue weighted by molar-refractivity contribution is -0.384. The Hall–Kier alpha value is -3.23. The summed E-state index contributed by atoms with van der Waals surface area (Å²) in [5.74, 6) is -0.501. The van der Waals surface area contributed by atoms with E-state index in [4.69, 9.17) is 0 Å². The number of anilines is 1. The maximum Gasteiger partial charge on any atom is 0.270 e. The molecule has 24 heavy (non-hydrogen) atoms. The van der Waals surface area contributed by atoms with Crippen molar-refractivity contribution < 1.29 is 14.8 Å². The van der Waals surface area contributed by atoms with Crippen LogP contribution in [0.5, 0.6) is 5.75 Å². The summed E-state index contributed by atoms with van der Waals surface area (Å²) in [6.07, 6.45) is 1.23. The number of nitro benzene ring substituents is 1. The van der Waals surface area contributed by atoms with Gasteiger partial charge in [0.25, 0.3) is 5.69 Å². The van der Waals surface area contributed by atoms with E-state index in [2.05, 4.69) is 15.4 Å². The smallest absolute Gasteiger partial charge is 0.270 e. The summed E-state index contributed by atoms with van der Waals surface area (Å²) in [5, 5.41) is 27.3. The van der Waals surface area contributed by atoms with E-state index in [0.717, 1.165) is 5.69 Å². The lowest BCUT2D eigenvalue weighted by Gasteiger charge is -2.03. The number of benzene rings is 1. The highest BCUT2D eigenvalue weighted by molar-refractivity contribution is 5.95. The lowest BCUT2D eigenvalue weighted by Crippen LogP contribution is -2.16. The minimum absolute atomic E-state index is 0.149. The summed E-state index contributed by atoms with van der Waals surface area (Å²) in [4.78, 5) is 26.0. The van der Waals surface area contributed by atoms with Gasteiger partial charge in [0.1, 0.15) is 12.3 Å². The average molecular weight is 331 g/mol. The van der Waals surface area contributed by atoms with Crippen LogP contribution < -0.4 is 5.32 Å². The lowest BCUT2D eigenvalue weighted by atomic mass is 10.2. The molecule has 0 saturated carbocycles. The number of aromatic hydroxyl groups is 1. The first kappa shape index (κ1) is 17.1. The van der Waals surface area contributed by atoms with E-state index in [0.29, 0.717) is 11.4 Å². The molecule has 0 atom stereocenters. The van der Waals surface area contributed by atoms with Crippen molar-refractivity contribution in [3.63, 3.8) is 0 Å². The van der Waals surface area contributed by atoms with Crippen molar-refractivity contribution in [2.45, 2.75) is 13.8 Å². The number of carbonyl (C=O) groups is 1. The number of hydrogen-bond acceptors (Lipinski definition) is 6. The molecule has 2 rings (SSSR count). The van der Waals surface area contributed by atoms with Gasteiger partial charge in [-0.05, 0) is 19.9 Å². The third-order valence-corrected chi connectivity index (χ3v) is 3.46. The number of non-ortho nitro benzene ring substituents is 1. The summed E-state index contributed by atoms with van der Waals surface area (Å²) < 4.78 is 1.66. The van der Waals surface area contributed by atoms with E-state index < -0.39 is 4.92 Å². The van der Waals surface area contributed by atoms with E-state index in [-0.39, 0.29) is 29.5 Å². The van der Waals surface area contributed by atoms with Gasteiger partial charge >= 0.3 is 0 Å². The van der Waals surface area contributed by atoms with Crippen molar-refractivity contribution in [1.29, 1.82) is 0 Å². The molecule has 1 aromatic carbocycles. The number of aryl methyl sites for hydroxylation is 2. The van der Waals surface area contributed by atoms with Crippen LogP contribution in [-0.4, -0.2) is 38.5 Å². The van der Waals surface area contributed by atoms with Gasteiger partial charge in [-0.1, -0.05) is 0 Å². The summed E-state index contributed by atoms with van der Waals surface area (Å²) in [7, 11) is 1.78. The minimum atomic E-state index is -0.572. The normalized spacial score (nSPS) is 11.0. The number of amides is 1. The number of phenolic OH excluding ortho intramolecular Hbond substituents is 1. The number of rotatable bonds is 5. The molecule has 1 heterocycles. The molecule has 0 aliphatic rings. The number of nitrogens with one attached hydrogen (secondary N) is 1. The van der Waals surface area contributed by atoms with Crippen molar-refractivity contribution in [2.24, 2.45) is 12.0 Å². The van der Waals surface area contributed by atoms with Crippen LogP contribution in [0.1, 0.15) is 17.0 Å². The van der Waals surface area contributed by atoms with E-state index in [1.807, 2.05) is 6.92 Å². The molecular weight excluding hydrogens is 314 g/mol. The second-order valence-electron chi connectivity index (χ2n) is 5.19. The maximum absolute atomic E-state index is 11.9. The van der Waals surface area contributed by atoms with Gasteiger partial charge in [0.05, 0.1) is 22.0 Å². The zero-order chi connectivity index (χ0) is 17.9. The summed E-state index contributed by atoms with van der Waals surface area (Å²) in [5.41, 5.74) is 2.16. The molecule has 0 bridgehead atoms. The highest BCUT2D eigenvalue weighted by Crippen LogP contribution is 2.21. The Balaban J connectivity index is 2.05. The molecule has 0 aliphatic carbocycles. The fraction of sp³-hybridized carbons (Fsp3) is 0.267. The zero-order valence-electron chi connectivity index (χ0n) is 13.5. The quantitative estimate of drug-likeness (QED) is 0.490. The predicted octanol–water partition coefficient (Wildman–Crippen LogP) is 1.71. The number of aromatic nitrogens is 2. The number of phenols is 1. The van der Waals surface area contributed by atoms with Gasteiger partial charge in [-0.15, -0.1) is 0 Å². The summed E-state index contributed by atoms with van der Waals surface area (Å²) in [6, 6.07) is 3.58. The number of carbonyl (C=O) groups excluding carboxylic acids is 1. The first-order chi connectivity index (χ1) is 11.3. The average Bonchev–Trinajstić information content (AvgIpc) is 2.75. The van der Waals surface area contributed by atoms with E-state index >= 15 is 0 Å². The van der Waals surface area contributed by atoms with Gasteiger partial charge in [0, 0.05) is 31.0 Å². The molecule has 9 heteroatoms. The molecular formula is C15H17N5O4. The maximum atomic E-state index is 11.9. The molecule has 9 nitrogen and oxygen atoms in total. The fourth-order valence-corrected chi connectivity index (χ4v) is 2.12. The summed E-state index contributed by atoms with van der Waals surface area (Å²) in [6.45, 7) is 3.43. The van der Waals surface area contributed by atoms with E-state index in [1.54, 1.807) is 18.7 Å². The first-order valence-electron chi connectivity index (χ1n) is 7.07. The topological polar surface area (TPSA) is 123 Å². The van der Waals surface area contributed by atoms with Crippen LogP contribution in [0.2, 0.25) is 0 Å². The zero-order valence-corrected chi connectivity index (χ0v) is 13.5. The van der Waals surface area contributed by atoms with E-state index in [1.165, 1.54) is 24.4 Å². The third-order valence-electron chi connectivity index (χ3n) is 3.46. The highest BCUT2D eigenvalue weighted by atomic mass is 16.6. The van der Waals surface area contributed by atoms with Crippen molar-refractivity contribution in [3.05, 3.63) is 45.3 Å². The first-order valence-corrected chi connectivity index (χ1v) is 7.07. The minimum Gasteiger partial charge on any atom is -0.507 e. The molecule has 126 valence electrons. The molecule has 0 aliphatic heterocycles. The summed E-state index contributed by atoms with van der Waals surface area (Å²) >= 11 is 0. The van der Waals surface area contributed by atoms with Crippen LogP contribution in [0, 0.1) is 24.0 Å². The highest BCUT2D eigenvalue weighted by Gasteiger charge is 2.12. The largest absolute Gasteiger partial charge is 0.507 e. The molecule has 2 N–H and O–H groups in total. The molecule has 1 amide bonds. The van der Waals surface area contributed by atoms with Gasteiger partial charge in [-0.2, -0.15) is 5.10 Å². The molecule has 0 fully saturated rings. The fourth-order valence-electron chi connectivity index (χ4n) is 2.12. The van der Waals surface area contributed by atoms with Crippen molar-refractivity contribution in [1.82, 2.24) is 9.78 Å². The van der Waals surface area contributed by atoms with Crippen molar-refractivity contribution in [2.75, 3.05) is 11.9 Å². The van der Waals surface area contributed by atoms with Crippen molar-refractivity contribution >= 4 is 23.5 Å². The number of hydrogen-bond donors (Lipinski definition) is 2. The Kier molecular flexibility index (Phi) is 4.93. The Morgan fingerprint density at radius 1 is 1.50 bits per heavy atom. The van der Waals surface area contributed by atoms with Crippen LogP contribution in [0.25, 0.3) is 0 Å². The molecule has 2 aromatic rings. The molecule has 0 spiro atoms. The van der Waals surface area contributed by atoms with Crippen LogP contribution >= 0.6 is 0 Å². The molecule has 0 unspecified atom stereocenters. The van der Waals surface area contributed by atoms with Crippen LogP contribution in [0.4, 0.5) is 11.4 Å². The SMILES string of the molecule is Cc1nn(C)c(C)c1NC(=O)CN=Cc1cc([N+](=O)[O-])ccc1O. The molecule has 0 saturated heterocycles. The van der Waals surface area contributed by atoms with Gasteiger partial charge in [0.2, 0.25) is 5.91 Å². The molecule has 0 radical (unpaired) electrons. The second-order valence-corrected chi connectivity index (χ2v) is 5.19. The van der Waals surface area contributed by atoms with Gasteiger partial charge < -0.3 is 10.4 Å². The van der Waals surface area contributed by atoms with Crippen LogP contribution in [0.15, 0.2) is 23.2 Å². The van der Waals surface area contributed by atoms with Gasteiger partial charge in [-0.3, -0.25) is 24.6 Å². The van der Waals surface area contributed by atoms with Crippen LogP contribution in [0.3, 0.4) is 0 Å². The monoisotopic (exact) mass is 331 g/mol. The second kappa shape index (κ2) is 6.90. The Bertz CT molecular complexity index is 826. The van der Waals surface area contributed by atoms with Crippen LogP contribution in [-0.2, 0) is 11.8 Å². The Labute approximate surface area is 137 Å². The number of nitrogens with zero attached hydrogens (tertiary/aromatic N) is 4.